The van der Waals surface area contributed by atoms with Crippen molar-refractivity contribution in [1.82, 2.24) is 0 Å². The van der Waals surface area contributed by atoms with Gasteiger partial charge in [0.15, 0.2) is 19.3 Å². The SMILES string of the molecule is C.COc1cccc2c1CC1C[C@@H](O)[C@H](CCCOC3CCCCO3)[C@H]1C2.COc1cccc2c1CC1C[C@@H](OC(=O)c3ccc(-c4ccccc4)cc3)[C@H](CCCOC3CCCCO3)[C@H]1C2.P[B]PCl. The molecular formula is C58H79BClO9P2. The lowest BCUT2D eigenvalue weighted by Crippen LogP contribution is -2.29. The standard InChI is InChI=1S/C35H40O5.C22H32O4.CH4.BClH3P2/c1-37-32-13-7-11-27-21-30-28(22-31(27)32)23-33(29(30)12-8-20-39-34-14-5-6-19-38-34)40-35(36)26-17-15-25(16-18-26)24-9-3-2-4-10-24;1-24-21-8-4-6-15-12-18-16(13-19(15)21)14-20(23)17(18)7-5-11-26-22-9-2-3-10-25-22;;2-4-1-3/h2-4,7,9-11,13,15-18,28-30,33-34H,5-6,8,12,14,19-23H2,1H3;4,6,8,16-18,20,22-23H,2-3,5,7,9-14H2,1H3;1H4;4H,3H2/t28?,29-,30+,33-,34?;16?,17-,18+,20-,22?;;/m11../s1. The molecule has 6 aliphatic rings. The molecule has 0 spiro atoms. The minimum absolute atomic E-state index is 0. The van der Waals surface area contributed by atoms with Crippen molar-refractivity contribution in [3.8, 4) is 22.6 Å². The number of hydrogen-bond acceptors (Lipinski definition) is 9. The van der Waals surface area contributed by atoms with E-state index in [9.17, 15) is 9.90 Å². The first-order chi connectivity index (χ1) is 34.4. The molecule has 4 aromatic carbocycles. The maximum absolute atomic E-state index is 13.4. The zero-order chi connectivity index (χ0) is 48.7. The second-order valence-corrected chi connectivity index (χ2v) is 22.2. The summed E-state index contributed by atoms with van der Waals surface area (Å²) < 4.78 is 40.9. The van der Waals surface area contributed by atoms with Gasteiger partial charge < -0.3 is 38.3 Å². The van der Waals surface area contributed by atoms with Crippen LogP contribution in [0, 0.1) is 35.5 Å². The quantitative estimate of drug-likeness (QED) is 0.0509. The van der Waals surface area contributed by atoms with Gasteiger partial charge in [0.05, 0.1) is 25.9 Å². The molecule has 71 heavy (non-hydrogen) atoms. The number of methoxy groups -OCH3 is 2. The van der Waals surface area contributed by atoms with Crippen molar-refractivity contribution in [2.45, 2.75) is 135 Å². The molecule has 385 valence electrons. The van der Waals surface area contributed by atoms with Gasteiger partial charge in [-0.15, -0.1) is 11.2 Å². The molecule has 1 N–H and O–H groups in total. The lowest BCUT2D eigenvalue weighted by atomic mass is 9.73. The predicted molar refractivity (Wildman–Crippen MR) is 292 cm³/mol. The largest absolute Gasteiger partial charge is 0.496 e. The maximum atomic E-state index is 13.4. The molecule has 2 saturated heterocycles. The number of halogens is 1. The Morgan fingerprint density at radius 1 is 0.690 bits per heavy atom. The molecular weight excluding hydrogens is 949 g/mol. The fourth-order valence-electron chi connectivity index (χ4n) is 12.5. The van der Waals surface area contributed by atoms with Gasteiger partial charge in [-0.25, -0.2) is 4.79 Å². The van der Waals surface area contributed by atoms with E-state index in [0.29, 0.717) is 55.5 Å². The molecule has 2 aliphatic heterocycles. The normalized spacial score (nSPS) is 27.2. The molecule has 10 rings (SSSR count). The Morgan fingerprint density at radius 2 is 1.21 bits per heavy atom. The Balaban J connectivity index is 0.000000206. The highest BCUT2D eigenvalue weighted by Gasteiger charge is 2.48. The molecule has 12 atom stereocenters. The fourth-order valence-corrected chi connectivity index (χ4v) is 12.5. The van der Waals surface area contributed by atoms with Crippen LogP contribution < -0.4 is 9.47 Å². The average Bonchev–Trinajstić information content (AvgIpc) is 3.91. The number of carbonyl (C=O) groups excluding carboxylic acids is 1. The van der Waals surface area contributed by atoms with Gasteiger partial charge in [0, 0.05) is 26.4 Å². The Labute approximate surface area is 434 Å². The average molecular weight is 1030 g/mol. The van der Waals surface area contributed by atoms with Crippen molar-refractivity contribution in [3.05, 3.63) is 119 Å². The second-order valence-electron chi connectivity index (χ2n) is 20.0. The van der Waals surface area contributed by atoms with Gasteiger partial charge in [-0.1, -0.05) is 82.0 Å². The molecule has 4 aromatic rings. The Kier molecular flexibility index (Phi) is 22.4. The second kappa shape index (κ2) is 28.6. The molecule has 0 bridgehead atoms. The number of fused-ring (bicyclic) bond motifs is 4. The van der Waals surface area contributed by atoms with E-state index < -0.39 is 0 Å². The number of carbonyl (C=O) groups is 1. The van der Waals surface area contributed by atoms with Crippen LogP contribution in [0.25, 0.3) is 11.1 Å². The van der Waals surface area contributed by atoms with E-state index in [1.165, 1.54) is 35.1 Å². The number of ether oxygens (including phenoxy) is 7. The van der Waals surface area contributed by atoms with E-state index in [2.05, 4.69) is 57.6 Å². The van der Waals surface area contributed by atoms with Gasteiger partial charge in [-0.3, -0.25) is 0 Å². The van der Waals surface area contributed by atoms with Gasteiger partial charge in [-0.05, 0) is 196 Å². The summed E-state index contributed by atoms with van der Waals surface area (Å²) in [6.07, 6.45) is 16.3. The zero-order valence-electron chi connectivity index (χ0n) is 41.3. The third-order valence-corrected chi connectivity index (χ3v) is 17.5. The summed E-state index contributed by atoms with van der Waals surface area (Å²) in [6, 6.07) is 30.8. The molecule has 6 unspecified atom stereocenters. The Morgan fingerprint density at radius 3 is 1.73 bits per heavy atom. The van der Waals surface area contributed by atoms with Crippen LogP contribution >= 0.6 is 28.2 Å². The topological polar surface area (TPSA) is 102 Å². The number of esters is 1. The van der Waals surface area contributed by atoms with Crippen LogP contribution in [-0.4, -0.2) is 83.2 Å². The van der Waals surface area contributed by atoms with E-state index >= 15 is 0 Å². The van der Waals surface area contributed by atoms with E-state index in [4.69, 9.17) is 44.4 Å². The van der Waals surface area contributed by atoms with E-state index in [-0.39, 0.29) is 38.2 Å². The first-order valence-corrected chi connectivity index (χ1v) is 28.8. The van der Waals surface area contributed by atoms with Gasteiger partial charge in [-0.2, -0.15) is 9.12 Å². The number of aliphatic hydroxyl groups is 1. The highest BCUT2D eigenvalue weighted by molar-refractivity contribution is 8.07. The Bertz CT molecular complexity index is 2210. The molecule has 9 nitrogen and oxygen atoms in total. The van der Waals surface area contributed by atoms with Crippen LogP contribution in [0.2, 0.25) is 0 Å². The van der Waals surface area contributed by atoms with Crippen molar-refractivity contribution in [1.29, 1.82) is 0 Å². The first kappa shape index (κ1) is 55.7. The molecule has 4 fully saturated rings. The van der Waals surface area contributed by atoms with Crippen LogP contribution in [0.5, 0.6) is 11.5 Å². The highest BCUT2D eigenvalue weighted by Crippen LogP contribution is 2.50. The fraction of sp³-hybridized carbons (Fsp3) is 0.569. The first-order valence-electron chi connectivity index (χ1n) is 26.1. The number of benzene rings is 4. The smallest absolute Gasteiger partial charge is 0.338 e. The van der Waals surface area contributed by atoms with E-state index in [1.54, 1.807) is 14.2 Å². The minimum atomic E-state index is -0.227. The lowest BCUT2D eigenvalue weighted by Gasteiger charge is -2.32. The molecule has 1 radical (unpaired) electrons. The summed E-state index contributed by atoms with van der Waals surface area (Å²) in [6.45, 7) is 4.89. The summed E-state index contributed by atoms with van der Waals surface area (Å²) in [5.74, 6) is 4.63. The van der Waals surface area contributed by atoms with Crippen molar-refractivity contribution in [2.24, 2.45) is 35.5 Å². The third kappa shape index (κ3) is 14.8. The zero-order valence-corrected chi connectivity index (χ0v) is 44.2. The summed E-state index contributed by atoms with van der Waals surface area (Å²) in [7, 11) is 6.37. The minimum Gasteiger partial charge on any atom is -0.496 e. The van der Waals surface area contributed by atoms with E-state index in [1.807, 2.05) is 49.2 Å². The van der Waals surface area contributed by atoms with Crippen LogP contribution in [-0.2, 0) is 49.4 Å². The van der Waals surface area contributed by atoms with Gasteiger partial charge in [0.2, 0.25) is 0 Å². The predicted octanol–water partition coefficient (Wildman–Crippen LogP) is 12.9. The van der Waals surface area contributed by atoms with Crippen LogP contribution in [0.4, 0.5) is 0 Å². The lowest BCUT2D eigenvalue weighted by molar-refractivity contribution is -0.163. The summed E-state index contributed by atoms with van der Waals surface area (Å²) >= 11 is 5.14. The summed E-state index contributed by atoms with van der Waals surface area (Å²) in [4.78, 5) is 13.4. The van der Waals surface area contributed by atoms with Crippen molar-refractivity contribution < 1.29 is 43.1 Å². The van der Waals surface area contributed by atoms with Crippen molar-refractivity contribution in [3.63, 3.8) is 0 Å². The number of rotatable bonds is 16. The molecule has 2 heterocycles. The van der Waals surface area contributed by atoms with Gasteiger partial charge in [0.1, 0.15) is 17.6 Å². The van der Waals surface area contributed by atoms with E-state index in [0.717, 1.165) is 132 Å². The van der Waals surface area contributed by atoms with Crippen molar-refractivity contribution >= 4 is 40.9 Å². The molecule has 13 heteroatoms. The summed E-state index contributed by atoms with van der Waals surface area (Å²) in [5.41, 5.74) is 8.32. The monoisotopic (exact) mass is 1030 g/mol. The Hall–Kier alpha value is -3.04. The van der Waals surface area contributed by atoms with Crippen LogP contribution in [0.3, 0.4) is 0 Å². The summed E-state index contributed by atoms with van der Waals surface area (Å²) in [5, 5.41) is 10.7. The van der Waals surface area contributed by atoms with Crippen LogP contribution in [0.15, 0.2) is 91.0 Å². The number of hydrogen-bond donors (Lipinski definition) is 1. The van der Waals surface area contributed by atoms with Gasteiger partial charge >= 0.3 is 5.97 Å². The number of aliphatic hydroxyl groups excluding tert-OH is 1. The van der Waals surface area contributed by atoms with Crippen molar-refractivity contribution in [2.75, 3.05) is 40.6 Å². The highest BCUT2D eigenvalue weighted by atomic mass is 35.7. The molecule has 0 amide bonds. The maximum Gasteiger partial charge on any atom is 0.338 e. The molecule has 2 saturated carbocycles. The van der Waals surface area contributed by atoms with Crippen LogP contribution in [0.1, 0.15) is 117 Å². The third-order valence-electron chi connectivity index (χ3n) is 15.9. The molecule has 0 aromatic heterocycles. The molecule has 4 aliphatic carbocycles. The van der Waals surface area contributed by atoms with Gasteiger partial charge in [0.25, 0.3) is 0 Å².